The standard InChI is InChI=1S/C19H15N3O3S/c23-19(22-7-1-2-8-22)12-5-6-15-13(10-12)17(21-25-15)14-11-24-18(20-14)16-4-3-9-26-16/h3-6,9-11H,1-2,7-8H2. The van der Waals surface area contributed by atoms with Gasteiger partial charge < -0.3 is 13.8 Å². The van der Waals surface area contributed by atoms with Crippen LogP contribution < -0.4 is 0 Å². The van der Waals surface area contributed by atoms with E-state index in [-0.39, 0.29) is 5.91 Å². The van der Waals surface area contributed by atoms with Gasteiger partial charge in [0.1, 0.15) is 17.7 Å². The molecule has 0 N–H and O–H groups in total. The molecule has 1 aliphatic heterocycles. The third kappa shape index (κ3) is 2.52. The third-order valence-corrected chi connectivity index (χ3v) is 5.45. The Kier molecular flexibility index (Phi) is 3.60. The van der Waals surface area contributed by atoms with Gasteiger partial charge in [0.05, 0.1) is 10.3 Å². The number of carbonyl (C=O) groups excluding carboxylic acids is 1. The van der Waals surface area contributed by atoms with Gasteiger partial charge in [-0.15, -0.1) is 11.3 Å². The Labute approximate surface area is 153 Å². The summed E-state index contributed by atoms with van der Waals surface area (Å²) >= 11 is 1.56. The van der Waals surface area contributed by atoms with Gasteiger partial charge in [0.15, 0.2) is 5.58 Å². The first-order valence-electron chi connectivity index (χ1n) is 8.48. The number of carbonyl (C=O) groups is 1. The summed E-state index contributed by atoms with van der Waals surface area (Å²) in [6.45, 7) is 1.64. The van der Waals surface area contributed by atoms with Gasteiger partial charge in [0, 0.05) is 18.7 Å². The first-order valence-corrected chi connectivity index (χ1v) is 9.36. The van der Waals surface area contributed by atoms with E-state index in [1.54, 1.807) is 29.7 Å². The van der Waals surface area contributed by atoms with Crippen LogP contribution in [0.5, 0.6) is 0 Å². The number of nitrogens with zero attached hydrogens (tertiary/aromatic N) is 3. The van der Waals surface area contributed by atoms with Crippen molar-refractivity contribution < 1.29 is 13.7 Å². The molecule has 0 spiro atoms. The van der Waals surface area contributed by atoms with Crippen LogP contribution in [0.2, 0.25) is 0 Å². The zero-order chi connectivity index (χ0) is 17.5. The summed E-state index contributed by atoms with van der Waals surface area (Å²) in [4.78, 5) is 20.0. The number of amides is 1. The van der Waals surface area contributed by atoms with Crippen molar-refractivity contribution in [1.82, 2.24) is 15.0 Å². The molecule has 1 amide bonds. The molecule has 130 valence electrons. The first-order chi connectivity index (χ1) is 12.8. The molecule has 3 aromatic heterocycles. The van der Waals surface area contributed by atoms with Gasteiger partial charge in [-0.2, -0.15) is 0 Å². The van der Waals surface area contributed by atoms with Crippen LogP contribution in [0.3, 0.4) is 0 Å². The van der Waals surface area contributed by atoms with Crippen molar-refractivity contribution in [2.24, 2.45) is 0 Å². The third-order valence-electron chi connectivity index (χ3n) is 4.59. The zero-order valence-corrected chi connectivity index (χ0v) is 14.7. The van der Waals surface area contributed by atoms with Crippen LogP contribution >= 0.6 is 11.3 Å². The maximum absolute atomic E-state index is 12.7. The average Bonchev–Trinajstić information content (AvgIpc) is 3.47. The highest BCUT2D eigenvalue weighted by atomic mass is 32.1. The van der Waals surface area contributed by atoms with Gasteiger partial charge in [-0.1, -0.05) is 11.2 Å². The second-order valence-corrected chi connectivity index (χ2v) is 7.20. The van der Waals surface area contributed by atoms with Crippen molar-refractivity contribution in [3.8, 4) is 22.2 Å². The van der Waals surface area contributed by atoms with E-state index in [9.17, 15) is 4.79 Å². The minimum absolute atomic E-state index is 0.0518. The summed E-state index contributed by atoms with van der Waals surface area (Å²) in [6, 6.07) is 9.31. The van der Waals surface area contributed by atoms with Crippen molar-refractivity contribution >= 4 is 28.2 Å². The number of fused-ring (bicyclic) bond motifs is 1. The zero-order valence-electron chi connectivity index (χ0n) is 13.8. The first kappa shape index (κ1) is 15.3. The molecule has 1 aromatic carbocycles. The molecule has 7 heteroatoms. The normalized spacial score (nSPS) is 14.4. The van der Waals surface area contributed by atoms with Crippen molar-refractivity contribution in [2.45, 2.75) is 12.8 Å². The lowest BCUT2D eigenvalue weighted by molar-refractivity contribution is 0.0793. The SMILES string of the molecule is O=C(c1ccc2onc(-c3coc(-c4cccs4)n3)c2c1)N1CCCC1. The summed E-state index contributed by atoms with van der Waals surface area (Å²) in [5.74, 6) is 0.603. The Morgan fingerprint density at radius 3 is 2.88 bits per heavy atom. The lowest BCUT2D eigenvalue weighted by atomic mass is 10.1. The van der Waals surface area contributed by atoms with Crippen LogP contribution in [0.15, 0.2) is 50.9 Å². The predicted molar refractivity (Wildman–Crippen MR) is 98.0 cm³/mol. The maximum atomic E-state index is 12.7. The molecule has 1 saturated heterocycles. The molecule has 0 aliphatic carbocycles. The second-order valence-electron chi connectivity index (χ2n) is 6.26. The number of oxazole rings is 1. The Bertz CT molecular complexity index is 1070. The molecular weight excluding hydrogens is 350 g/mol. The molecule has 0 unspecified atom stereocenters. The molecule has 0 atom stereocenters. The van der Waals surface area contributed by atoms with Crippen molar-refractivity contribution in [3.05, 3.63) is 47.5 Å². The van der Waals surface area contributed by atoms with Gasteiger partial charge in [0.2, 0.25) is 5.89 Å². The van der Waals surface area contributed by atoms with E-state index in [0.717, 1.165) is 36.2 Å². The molecule has 5 rings (SSSR count). The molecular formula is C19H15N3O3S. The van der Waals surface area contributed by atoms with E-state index < -0.39 is 0 Å². The Morgan fingerprint density at radius 1 is 1.19 bits per heavy atom. The van der Waals surface area contributed by atoms with E-state index in [1.807, 2.05) is 28.5 Å². The summed E-state index contributed by atoms with van der Waals surface area (Å²) in [6.07, 6.45) is 3.70. The summed E-state index contributed by atoms with van der Waals surface area (Å²) < 4.78 is 11.0. The molecule has 4 heterocycles. The predicted octanol–water partition coefficient (Wildman–Crippen LogP) is 4.45. The largest absolute Gasteiger partial charge is 0.443 e. The van der Waals surface area contributed by atoms with Gasteiger partial charge >= 0.3 is 0 Å². The van der Waals surface area contributed by atoms with Crippen LogP contribution in [0.4, 0.5) is 0 Å². The lowest BCUT2D eigenvalue weighted by Crippen LogP contribution is -2.27. The van der Waals surface area contributed by atoms with E-state index in [1.165, 1.54) is 0 Å². The highest BCUT2D eigenvalue weighted by molar-refractivity contribution is 7.13. The number of thiophene rings is 1. The fourth-order valence-electron chi connectivity index (χ4n) is 3.26. The number of likely N-dealkylation sites (tertiary alicyclic amines) is 1. The second kappa shape index (κ2) is 6.10. The Balaban J connectivity index is 1.54. The summed E-state index contributed by atoms with van der Waals surface area (Å²) in [7, 11) is 0. The Hall–Kier alpha value is -2.93. The van der Waals surface area contributed by atoms with Gasteiger partial charge in [0.25, 0.3) is 5.91 Å². The highest BCUT2D eigenvalue weighted by Gasteiger charge is 2.22. The van der Waals surface area contributed by atoms with Crippen LogP contribution in [0.1, 0.15) is 23.2 Å². The van der Waals surface area contributed by atoms with Crippen LogP contribution in [-0.4, -0.2) is 34.0 Å². The number of hydrogen-bond donors (Lipinski definition) is 0. The fraction of sp³-hybridized carbons (Fsp3) is 0.211. The number of rotatable bonds is 3. The van der Waals surface area contributed by atoms with Gasteiger partial charge in [-0.05, 0) is 42.5 Å². The minimum Gasteiger partial charge on any atom is -0.443 e. The summed E-state index contributed by atoms with van der Waals surface area (Å²) in [5, 5.41) is 6.88. The summed E-state index contributed by atoms with van der Waals surface area (Å²) in [5.41, 5.74) is 2.45. The molecule has 1 fully saturated rings. The lowest BCUT2D eigenvalue weighted by Gasteiger charge is -2.14. The van der Waals surface area contributed by atoms with Gasteiger partial charge in [-0.3, -0.25) is 4.79 Å². The molecule has 0 radical (unpaired) electrons. The number of hydrogen-bond acceptors (Lipinski definition) is 6. The van der Waals surface area contributed by atoms with Gasteiger partial charge in [-0.25, -0.2) is 4.98 Å². The van der Waals surface area contributed by atoms with Crippen molar-refractivity contribution in [2.75, 3.05) is 13.1 Å². The van der Waals surface area contributed by atoms with Crippen molar-refractivity contribution in [3.63, 3.8) is 0 Å². The van der Waals surface area contributed by atoms with Crippen LogP contribution in [-0.2, 0) is 0 Å². The van der Waals surface area contributed by atoms with Crippen LogP contribution in [0.25, 0.3) is 33.1 Å². The topological polar surface area (TPSA) is 72.4 Å². The smallest absolute Gasteiger partial charge is 0.253 e. The van der Waals surface area contributed by atoms with Crippen LogP contribution in [0, 0.1) is 0 Å². The monoisotopic (exact) mass is 365 g/mol. The molecule has 6 nitrogen and oxygen atoms in total. The van der Waals surface area contributed by atoms with E-state index in [2.05, 4.69) is 10.1 Å². The van der Waals surface area contributed by atoms with E-state index in [0.29, 0.717) is 28.4 Å². The maximum Gasteiger partial charge on any atom is 0.253 e. The quantitative estimate of drug-likeness (QED) is 0.536. The molecule has 0 bridgehead atoms. The molecule has 0 saturated carbocycles. The minimum atomic E-state index is 0.0518. The van der Waals surface area contributed by atoms with E-state index >= 15 is 0 Å². The molecule has 26 heavy (non-hydrogen) atoms. The Morgan fingerprint density at radius 2 is 2.08 bits per heavy atom. The molecule has 4 aromatic rings. The number of aromatic nitrogens is 2. The van der Waals surface area contributed by atoms with E-state index in [4.69, 9.17) is 8.94 Å². The molecule has 1 aliphatic rings. The van der Waals surface area contributed by atoms with Crippen molar-refractivity contribution in [1.29, 1.82) is 0 Å². The fourth-order valence-corrected chi connectivity index (χ4v) is 3.91. The number of benzene rings is 1. The highest BCUT2D eigenvalue weighted by Crippen LogP contribution is 2.32. The average molecular weight is 365 g/mol.